The Morgan fingerprint density at radius 1 is 0.964 bits per heavy atom. The van der Waals surface area contributed by atoms with Gasteiger partial charge in [-0.25, -0.2) is 0 Å². The zero-order valence-corrected chi connectivity index (χ0v) is 19.5. The predicted octanol–water partition coefficient (Wildman–Crippen LogP) is 8.03. The van der Waals surface area contributed by atoms with Gasteiger partial charge in [-0.15, -0.1) is 0 Å². The van der Waals surface area contributed by atoms with Gasteiger partial charge in [0, 0.05) is 0 Å². The normalized spacial score (nSPS) is 31.2. The molecule has 1 fully saturated rings. The van der Waals surface area contributed by atoms with Crippen LogP contribution >= 0.6 is 0 Å². The third kappa shape index (κ3) is 3.37. The van der Waals surface area contributed by atoms with Gasteiger partial charge >= 0.3 is 0 Å². The van der Waals surface area contributed by atoms with Crippen LogP contribution in [-0.4, -0.2) is 0 Å². The van der Waals surface area contributed by atoms with Crippen LogP contribution < -0.4 is 0 Å². The van der Waals surface area contributed by atoms with E-state index >= 15 is 0 Å². The van der Waals surface area contributed by atoms with E-state index in [1.807, 2.05) is 0 Å². The fourth-order valence-electron chi connectivity index (χ4n) is 7.36. The summed E-state index contributed by atoms with van der Waals surface area (Å²) in [7, 11) is 0. The van der Waals surface area contributed by atoms with E-state index in [0.717, 1.165) is 29.6 Å². The minimum atomic E-state index is 0.544. The fourth-order valence-corrected chi connectivity index (χ4v) is 7.36. The van der Waals surface area contributed by atoms with Crippen LogP contribution in [0, 0.1) is 36.0 Å². The monoisotopic (exact) mass is 380 g/mol. The molecule has 0 amide bonds. The van der Waals surface area contributed by atoms with Crippen molar-refractivity contribution in [3.63, 3.8) is 0 Å². The van der Waals surface area contributed by atoms with Crippen molar-refractivity contribution in [3.8, 4) is 0 Å². The van der Waals surface area contributed by atoms with Crippen LogP contribution in [0.2, 0.25) is 0 Å². The largest absolute Gasteiger partial charge is 0.0625 e. The zero-order chi connectivity index (χ0) is 20.1. The number of hydrogen-bond acceptors (Lipinski definition) is 0. The molecule has 28 heavy (non-hydrogen) atoms. The summed E-state index contributed by atoms with van der Waals surface area (Å²) in [5.41, 5.74) is 9.25. The van der Waals surface area contributed by atoms with Crippen LogP contribution in [0.1, 0.15) is 113 Å². The van der Waals surface area contributed by atoms with Gasteiger partial charge in [0.2, 0.25) is 0 Å². The summed E-state index contributed by atoms with van der Waals surface area (Å²) in [5, 5.41) is 0. The first kappa shape index (κ1) is 20.5. The fraction of sp³-hybridized carbons (Fsp3) is 0.786. The van der Waals surface area contributed by atoms with Crippen LogP contribution in [0.25, 0.3) is 0 Å². The molecule has 5 atom stereocenters. The summed E-state index contributed by atoms with van der Waals surface area (Å²) in [6, 6.07) is 2.70. The van der Waals surface area contributed by atoms with Gasteiger partial charge in [-0.3, -0.25) is 0 Å². The lowest BCUT2D eigenvalue weighted by Crippen LogP contribution is -2.36. The number of benzene rings is 1. The number of fused-ring (bicyclic) bond motifs is 4. The Kier molecular flexibility index (Phi) is 5.71. The molecule has 0 radical (unpaired) electrons. The maximum absolute atomic E-state index is 2.70. The second-order valence-electron chi connectivity index (χ2n) is 11.4. The highest BCUT2D eigenvalue weighted by atomic mass is 14.6. The molecule has 0 aromatic heterocycles. The number of hydrogen-bond donors (Lipinski definition) is 0. The first-order chi connectivity index (χ1) is 13.3. The summed E-state index contributed by atoms with van der Waals surface area (Å²) in [6.45, 7) is 15.0. The molecule has 156 valence electrons. The topological polar surface area (TPSA) is 0 Å². The van der Waals surface area contributed by atoms with E-state index in [2.05, 4.69) is 47.6 Å². The highest BCUT2D eigenvalue weighted by molar-refractivity contribution is 5.50. The Hall–Kier alpha value is -0.780. The van der Waals surface area contributed by atoms with E-state index in [0.29, 0.717) is 5.41 Å². The Morgan fingerprint density at radius 3 is 2.46 bits per heavy atom. The molecule has 4 rings (SSSR count). The molecule has 0 heteroatoms. The molecule has 0 bridgehead atoms. The lowest BCUT2D eigenvalue weighted by molar-refractivity contribution is 0.115. The summed E-state index contributed by atoms with van der Waals surface area (Å²) in [5.74, 6) is 4.35. The molecule has 0 heterocycles. The number of aryl methyl sites for hydroxylation is 1. The molecule has 1 aromatic carbocycles. The van der Waals surface area contributed by atoms with Crippen molar-refractivity contribution in [2.45, 2.75) is 112 Å². The third-order valence-corrected chi connectivity index (χ3v) is 9.69. The predicted molar refractivity (Wildman–Crippen MR) is 122 cm³/mol. The summed E-state index contributed by atoms with van der Waals surface area (Å²) < 4.78 is 0. The van der Waals surface area contributed by atoms with Crippen LogP contribution in [-0.2, 0) is 19.3 Å². The molecule has 1 aromatic rings. The highest BCUT2D eigenvalue weighted by Crippen LogP contribution is 2.61. The van der Waals surface area contributed by atoms with Crippen LogP contribution in [0.15, 0.2) is 6.07 Å². The molecule has 3 aliphatic rings. The quantitative estimate of drug-likeness (QED) is 0.485. The second-order valence-corrected chi connectivity index (χ2v) is 11.4. The van der Waals surface area contributed by atoms with Crippen molar-refractivity contribution >= 4 is 0 Å². The molecule has 1 saturated carbocycles. The molecular weight excluding hydrogens is 336 g/mol. The van der Waals surface area contributed by atoms with Gasteiger partial charge in [0.1, 0.15) is 0 Å². The van der Waals surface area contributed by atoms with Crippen molar-refractivity contribution in [2.75, 3.05) is 0 Å². The van der Waals surface area contributed by atoms with Crippen molar-refractivity contribution in [3.05, 3.63) is 33.9 Å². The molecule has 0 saturated heterocycles. The average Bonchev–Trinajstić information content (AvgIpc) is 3.03. The maximum atomic E-state index is 2.70. The first-order valence-corrected chi connectivity index (χ1v) is 12.5. The van der Waals surface area contributed by atoms with Crippen LogP contribution in [0.5, 0.6) is 0 Å². The van der Waals surface area contributed by atoms with E-state index in [-0.39, 0.29) is 0 Å². The SMILES string of the molecule is Cc1c2c(cc3c1CC[C@]1(C)[C@@H]3CC[C@@H]1[C@@H](C)CC[C@@H](C)C(C)C)CCCC2. The minimum Gasteiger partial charge on any atom is -0.0625 e. The van der Waals surface area contributed by atoms with Gasteiger partial charge in [-0.1, -0.05) is 53.5 Å². The smallest absolute Gasteiger partial charge is 0.0102 e. The second kappa shape index (κ2) is 7.81. The molecule has 0 spiro atoms. The lowest BCUT2D eigenvalue weighted by Gasteiger charge is -2.45. The Balaban J connectivity index is 1.57. The van der Waals surface area contributed by atoms with E-state index in [1.165, 1.54) is 64.2 Å². The Morgan fingerprint density at radius 2 is 1.71 bits per heavy atom. The molecule has 0 N–H and O–H groups in total. The minimum absolute atomic E-state index is 0.544. The number of rotatable bonds is 5. The summed E-state index contributed by atoms with van der Waals surface area (Å²) in [6.07, 6.45) is 14.0. The van der Waals surface area contributed by atoms with E-state index < -0.39 is 0 Å². The molecular formula is C28H44. The highest BCUT2D eigenvalue weighted by Gasteiger charge is 2.51. The van der Waals surface area contributed by atoms with E-state index in [1.54, 1.807) is 27.8 Å². The molecule has 3 aliphatic carbocycles. The van der Waals surface area contributed by atoms with Gasteiger partial charge in [-0.2, -0.15) is 0 Å². The molecule has 0 nitrogen and oxygen atoms in total. The first-order valence-electron chi connectivity index (χ1n) is 12.5. The zero-order valence-electron chi connectivity index (χ0n) is 19.5. The van der Waals surface area contributed by atoms with Gasteiger partial charge in [0.05, 0.1) is 0 Å². The Labute approximate surface area is 174 Å². The van der Waals surface area contributed by atoms with Crippen LogP contribution in [0.4, 0.5) is 0 Å². The van der Waals surface area contributed by atoms with Gasteiger partial charge in [0.25, 0.3) is 0 Å². The Bertz CT molecular complexity index is 711. The van der Waals surface area contributed by atoms with Gasteiger partial charge in [-0.05, 0) is 121 Å². The molecule has 0 unspecified atom stereocenters. The third-order valence-electron chi connectivity index (χ3n) is 9.69. The molecule has 0 aliphatic heterocycles. The van der Waals surface area contributed by atoms with Crippen molar-refractivity contribution in [2.24, 2.45) is 29.1 Å². The van der Waals surface area contributed by atoms with Gasteiger partial charge < -0.3 is 0 Å². The van der Waals surface area contributed by atoms with Crippen LogP contribution in [0.3, 0.4) is 0 Å². The maximum Gasteiger partial charge on any atom is -0.0102 e. The van der Waals surface area contributed by atoms with Crippen molar-refractivity contribution in [1.29, 1.82) is 0 Å². The standard InChI is InChI=1S/C28H44/c1-18(2)19(3)11-12-20(4)26-13-14-27-25-17-22-9-7-8-10-23(22)21(5)24(25)15-16-28(26,27)6/h17-20,26-27H,7-16H2,1-6H3/t19-,20+,26-,27-,28+/m1/s1. The summed E-state index contributed by atoms with van der Waals surface area (Å²) >= 11 is 0. The summed E-state index contributed by atoms with van der Waals surface area (Å²) in [4.78, 5) is 0. The van der Waals surface area contributed by atoms with E-state index in [9.17, 15) is 0 Å². The lowest BCUT2D eigenvalue weighted by atomic mass is 9.59. The van der Waals surface area contributed by atoms with Crippen molar-refractivity contribution < 1.29 is 0 Å². The average molecular weight is 381 g/mol. The van der Waals surface area contributed by atoms with Gasteiger partial charge in [0.15, 0.2) is 0 Å². The van der Waals surface area contributed by atoms with E-state index in [4.69, 9.17) is 0 Å². The van der Waals surface area contributed by atoms with Crippen molar-refractivity contribution in [1.82, 2.24) is 0 Å².